The largest absolute Gasteiger partial charge is 0.297 e. The van der Waals surface area contributed by atoms with Crippen molar-refractivity contribution in [2.45, 2.75) is 17.8 Å². The van der Waals surface area contributed by atoms with Crippen LogP contribution >= 0.6 is 11.6 Å². The average Bonchev–Trinajstić information content (AvgIpc) is 2.82. The molecule has 0 bridgehead atoms. The van der Waals surface area contributed by atoms with Crippen molar-refractivity contribution < 1.29 is 0 Å². The van der Waals surface area contributed by atoms with Crippen LogP contribution in [-0.2, 0) is 6.54 Å². The summed E-state index contributed by atoms with van der Waals surface area (Å²) in [5.41, 5.74) is 2.72. The van der Waals surface area contributed by atoms with Crippen LogP contribution in [0, 0.1) is 0 Å². The molecule has 1 nitrogen and oxygen atoms in total. The molecule has 1 fully saturated rings. The Bertz CT molecular complexity index is 511. The molecular weight excluding hydrogens is 254 g/mol. The highest BCUT2D eigenvalue weighted by molar-refractivity contribution is 6.21. The highest BCUT2D eigenvalue weighted by atomic mass is 35.5. The topological polar surface area (TPSA) is 3.24 Å². The van der Waals surface area contributed by atoms with E-state index in [0.29, 0.717) is 5.92 Å². The first-order valence-corrected chi connectivity index (χ1v) is 7.22. The van der Waals surface area contributed by atoms with Gasteiger partial charge in [-0.3, -0.25) is 4.90 Å². The Morgan fingerprint density at radius 3 is 2.21 bits per heavy atom. The van der Waals surface area contributed by atoms with Crippen LogP contribution in [0.4, 0.5) is 0 Å². The minimum Gasteiger partial charge on any atom is -0.297 e. The minimum absolute atomic E-state index is 0.214. The van der Waals surface area contributed by atoms with Gasteiger partial charge < -0.3 is 0 Å². The van der Waals surface area contributed by atoms with Gasteiger partial charge in [-0.05, 0) is 11.1 Å². The number of halogens is 1. The third kappa shape index (κ3) is 2.99. The molecule has 0 saturated carbocycles. The van der Waals surface area contributed by atoms with Crippen LogP contribution in [0.1, 0.15) is 17.0 Å². The predicted molar refractivity (Wildman–Crippen MR) is 80.5 cm³/mol. The number of likely N-dealkylation sites (tertiary alicyclic amines) is 1. The molecule has 3 rings (SSSR count). The van der Waals surface area contributed by atoms with Crippen LogP contribution in [-0.4, -0.2) is 23.4 Å². The minimum atomic E-state index is 0.214. The van der Waals surface area contributed by atoms with Crippen LogP contribution in [0.15, 0.2) is 60.7 Å². The van der Waals surface area contributed by atoms with Crippen molar-refractivity contribution in [1.82, 2.24) is 4.90 Å². The van der Waals surface area contributed by atoms with E-state index >= 15 is 0 Å². The number of hydrogen-bond donors (Lipinski definition) is 0. The van der Waals surface area contributed by atoms with Gasteiger partial charge in [-0.2, -0.15) is 0 Å². The zero-order valence-electron chi connectivity index (χ0n) is 10.9. The van der Waals surface area contributed by atoms with Crippen LogP contribution < -0.4 is 0 Å². The maximum Gasteiger partial charge on any atom is 0.0544 e. The molecule has 1 saturated heterocycles. The second-order valence-electron chi connectivity index (χ2n) is 5.21. The van der Waals surface area contributed by atoms with E-state index in [9.17, 15) is 0 Å². The smallest absolute Gasteiger partial charge is 0.0544 e. The van der Waals surface area contributed by atoms with Crippen LogP contribution in [0.25, 0.3) is 0 Å². The Kier molecular flexibility index (Phi) is 3.86. The first-order chi connectivity index (χ1) is 9.33. The monoisotopic (exact) mass is 271 g/mol. The first-order valence-electron chi connectivity index (χ1n) is 6.78. The average molecular weight is 272 g/mol. The summed E-state index contributed by atoms with van der Waals surface area (Å²) in [6.07, 6.45) is 0. The standard InChI is InChI=1S/C17H18ClN/c18-17-13-19(11-14-7-3-1-4-8-14)12-16(17)15-9-5-2-6-10-15/h1-10,16-17H,11-13H2/t16-,17-/m0/s1. The molecule has 0 radical (unpaired) electrons. The molecule has 1 aliphatic heterocycles. The summed E-state index contributed by atoms with van der Waals surface area (Å²) in [5, 5.41) is 0.214. The normalized spacial score (nSPS) is 23.6. The third-order valence-electron chi connectivity index (χ3n) is 3.80. The van der Waals surface area contributed by atoms with Crippen molar-refractivity contribution in [2.24, 2.45) is 0 Å². The molecule has 0 unspecified atom stereocenters. The quantitative estimate of drug-likeness (QED) is 0.766. The van der Waals surface area contributed by atoms with Crippen molar-refractivity contribution in [3.05, 3.63) is 71.8 Å². The Balaban J connectivity index is 1.69. The van der Waals surface area contributed by atoms with Gasteiger partial charge in [-0.1, -0.05) is 60.7 Å². The van der Waals surface area contributed by atoms with E-state index in [-0.39, 0.29) is 5.38 Å². The summed E-state index contributed by atoms with van der Waals surface area (Å²) >= 11 is 6.53. The maximum absolute atomic E-state index is 6.53. The molecule has 19 heavy (non-hydrogen) atoms. The summed E-state index contributed by atoms with van der Waals surface area (Å²) in [6, 6.07) is 21.2. The second kappa shape index (κ2) is 5.77. The fraction of sp³-hybridized carbons (Fsp3) is 0.294. The Hall–Kier alpha value is -1.31. The SMILES string of the molecule is Cl[C@H]1CN(Cc2ccccc2)C[C@H]1c1ccccc1. The van der Waals surface area contributed by atoms with E-state index in [4.69, 9.17) is 11.6 Å². The van der Waals surface area contributed by atoms with Gasteiger partial charge in [0.1, 0.15) is 0 Å². The molecule has 1 aliphatic rings. The fourth-order valence-electron chi connectivity index (χ4n) is 2.83. The molecule has 0 aromatic heterocycles. The maximum atomic E-state index is 6.53. The zero-order chi connectivity index (χ0) is 13.1. The zero-order valence-corrected chi connectivity index (χ0v) is 11.6. The molecule has 98 valence electrons. The van der Waals surface area contributed by atoms with Crippen molar-refractivity contribution >= 4 is 11.6 Å². The van der Waals surface area contributed by atoms with Crippen LogP contribution in [0.3, 0.4) is 0 Å². The molecule has 0 aliphatic carbocycles. The lowest BCUT2D eigenvalue weighted by Crippen LogP contribution is -2.20. The lowest BCUT2D eigenvalue weighted by atomic mass is 9.98. The predicted octanol–water partition coefficient (Wildman–Crippen LogP) is 3.89. The van der Waals surface area contributed by atoms with Gasteiger partial charge in [0, 0.05) is 25.6 Å². The molecule has 1 heterocycles. The van der Waals surface area contributed by atoms with Crippen LogP contribution in [0.5, 0.6) is 0 Å². The second-order valence-corrected chi connectivity index (χ2v) is 5.77. The lowest BCUT2D eigenvalue weighted by molar-refractivity contribution is 0.327. The number of benzene rings is 2. The van der Waals surface area contributed by atoms with Gasteiger partial charge in [0.15, 0.2) is 0 Å². The number of rotatable bonds is 3. The van der Waals surface area contributed by atoms with Crippen molar-refractivity contribution in [1.29, 1.82) is 0 Å². The third-order valence-corrected chi connectivity index (χ3v) is 4.24. The summed E-state index contributed by atoms with van der Waals surface area (Å²) in [5.74, 6) is 0.451. The highest BCUT2D eigenvalue weighted by Crippen LogP contribution is 2.31. The van der Waals surface area contributed by atoms with E-state index in [1.54, 1.807) is 0 Å². The van der Waals surface area contributed by atoms with E-state index in [1.165, 1.54) is 11.1 Å². The van der Waals surface area contributed by atoms with Crippen molar-refractivity contribution in [2.75, 3.05) is 13.1 Å². The van der Waals surface area contributed by atoms with E-state index in [0.717, 1.165) is 19.6 Å². The highest BCUT2D eigenvalue weighted by Gasteiger charge is 2.32. The van der Waals surface area contributed by atoms with Gasteiger partial charge in [-0.25, -0.2) is 0 Å². The number of hydrogen-bond acceptors (Lipinski definition) is 1. The molecule has 2 heteroatoms. The Morgan fingerprint density at radius 2 is 1.53 bits per heavy atom. The lowest BCUT2D eigenvalue weighted by Gasteiger charge is -2.16. The van der Waals surface area contributed by atoms with E-state index in [1.807, 2.05) is 0 Å². The molecular formula is C17H18ClN. The van der Waals surface area contributed by atoms with Gasteiger partial charge in [0.25, 0.3) is 0 Å². The summed E-state index contributed by atoms with van der Waals surface area (Å²) < 4.78 is 0. The molecule has 0 spiro atoms. The first kappa shape index (κ1) is 12.7. The van der Waals surface area contributed by atoms with E-state index in [2.05, 4.69) is 65.6 Å². The summed E-state index contributed by atoms with van der Waals surface area (Å²) in [7, 11) is 0. The van der Waals surface area contributed by atoms with Crippen LogP contribution in [0.2, 0.25) is 0 Å². The van der Waals surface area contributed by atoms with Crippen molar-refractivity contribution in [3.8, 4) is 0 Å². The van der Waals surface area contributed by atoms with Crippen molar-refractivity contribution in [3.63, 3.8) is 0 Å². The molecule has 2 aromatic rings. The van der Waals surface area contributed by atoms with Gasteiger partial charge >= 0.3 is 0 Å². The molecule has 0 N–H and O–H groups in total. The molecule has 0 amide bonds. The number of alkyl halides is 1. The number of nitrogens with zero attached hydrogens (tertiary/aromatic N) is 1. The Labute approximate surface area is 119 Å². The Morgan fingerprint density at radius 1 is 0.895 bits per heavy atom. The summed E-state index contributed by atoms with van der Waals surface area (Å²) in [4.78, 5) is 2.45. The molecule has 2 atom stereocenters. The van der Waals surface area contributed by atoms with Gasteiger partial charge in [0.2, 0.25) is 0 Å². The molecule has 2 aromatic carbocycles. The fourth-order valence-corrected chi connectivity index (χ4v) is 3.25. The van der Waals surface area contributed by atoms with Gasteiger partial charge in [0.05, 0.1) is 5.38 Å². The van der Waals surface area contributed by atoms with Gasteiger partial charge in [-0.15, -0.1) is 11.6 Å². The summed E-state index contributed by atoms with van der Waals surface area (Å²) in [6.45, 7) is 3.01. The van der Waals surface area contributed by atoms with E-state index < -0.39 is 0 Å².